The summed E-state index contributed by atoms with van der Waals surface area (Å²) in [6, 6.07) is 2.79. The monoisotopic (exact) mass is 600 g/mol. The Morgan fingerprint density at radius 3 is 2.52 bits per heavy atom. The van der Waals surface area contributed by atoms with E-state index in [2.05, 4.69) is 53.3 Å². The SMILES string of the molecule is COc1cnc(C(F)F)cc1-c1cc(N2CCC(C(C)(C)C)CC2=O)ncc1C(=O)NC(C)SC(C#CC1CC1)NN. The van der Waals surface area contributed by atoms with E-state index in [-0.39, 0.29) is 34.1 Å². The molecule has 4 rings (SSSR count). The minimum atomic E-state index is -2.83. The topological polar surface area (TPSA) is 122 Å². The number of anilines is 1. The van der Waals surface area contributed by atoms with E-state index in [1.165, 1.54) is 37.3 Å². The summed E-state index contributed by atoms with van der Waals surface area (Å²) in [5.74, 6) is 12.5. The maximum atomic E-state index is 13.7. The number of aromatic nitrogens is 2. The van der Waals surface area contributed by atoms with Crippen LogP contribution in [-0.2, 0) is 4.79 Å². The molecule has 2 aromatic rings. The number of nitrogens with two attached hydrogens (primary N) is 1. The minimum Gasteiger partial charge on any atom is -0.494 e. The molecule has 2 fully saturated rings. The van der Waals surface area contributed by atoms with Crippen molar-refractivity contribution < 1.29 is 23.1 Å². The number of nitrogens with one attached hydrogen (secondary N) is 2. The Bertz CT molecular complexity index is 1370. The zero-order chi connectivity index (χ0) is 30.6. The maximum Gasteiger partial charge on any atom is 0.280 e. The first kappa shape index (κ1) is 31.7. The van der Waals surface area contributed by atoms with E-state index < -0.39 is 28.8 Å². The fourth-order valence-electron chi connectivity index (χ4n) is 4.80. The largest absolute Gasteiger partial charge is 0.494 e. The summed E-state index contributed by atoms with van der Waals surface area (Å²) in [5.41, 5.74) is 2.84. The molecule has 3 heterocycles. The van der Waals surface area contributed by atoms with Crippen molar-refractivity contribution in [2.75, 3.05) is 18.6 Å². The number of carbonyl (C=O) groups excluding carboxylic acids is 2. The summed E-state index contributed by atoms with van der Waals surface area (Å²) in [4.78, 5) is 36.7. The molecule has 3 atom stereocenters. The minimum absolute atomic E-state index is 0.0189. The average Bonchev–Trinajstić information content (AvgIpc) is 3.78. The van der Waals surface area contributed by atoms with E-state index in [9.17, 15) is 18.4 Å². The van der Waals surface area contributed by atoms with Gasteiger partial charge in [0.2, 0.25) is 5.91 Å². The van der Waals surface area contributed by atoms with Crippen LogP contribution in [0.1, 0.15) is 75.9 Å². The molecule has 0 aromatic carbocycles. The predicted octanol–water partition coefficient (Wildman–Crippen LogP) is 4.89. The fraction of sp³-hybridized carbons (Fsp3) is 0.533. The predicted molar refractivity (Wildman–Crippen MR) is 160 cm³/mol. The number of nitrogens with zero attached hydrogens (tertiary/aromatic N) is 3. The first-order valence-corrected chi connectivity index (χ1v) is 14.9. The van der Waals surface area contributed by atoms with Crippen LogP contribution in [-0.4, -0.2) is 46.2 Å². The van der Waals surface area contributed by atoms with Crippen molar-refractivity contribution in [1.29, 1.82) is 0 Å². The molecule has 42 heavy (non-hydrogen) atoms. The number of piperidine rings is 1. The highest BCUT2D eigenvalue weighted by Gasteiger charge is 2.35. The van der Waals surface area contributed by atoms with Crippen molar-refractivity contribution in [3.63, 3.8) is 0 Å². The average molecular weight is 601 g/mol. The van der Waals surface area contributed by atoms with Crippen LogP contribution in [0.2, 0.25) is 0 Å². The Labute approximate surface area is 249 Å². The Balaban J connectivity index is 1.67. The van der Waals surface area contributed by atoms with Gasteiger partial charge in [0, 0.05) is 36.2 Å². The summed E-state index contributed by atoms with van der Waals surface area (Å²) in [6.45, 7) is 8.60. The van der Waals surface area contributed by atoms with Gasteiger partial charge in [-0.1, -0.05) is 32.6 Å². The summed E-state index contributed by atoms with van der Waals surface area (Å²) in [6.07, 6.45) is 3.06. The molecule has 1 aliphatic heterocycles. The number of hydrogen-bond acceptors (Lipinski definition) is 8. The smallest absolute Gasteiger partial charge is 0.280 e. The number of amides is 2. The number of thioether (sulfide) groups is 1. The van der Waals surface area contributed by atoms with Crippen LogP contribution in [0.5, 0.6) is 5.75 Å². The molecular weight excluding hydrogens is 562 g/mol. The molecule has 1 saturated carbocycles. The number of pyridine rings is 2. The van der Waals surface area contributed by atoms with Gasteiger partial charge in [0.1, 0.15) is 22.6 Å². The van der Waals surface area contributed by atoms with E-state index >= 15 is 0 Å². The summed E-state index contributed by atoms with van der Waals surface area (Å²) in [7, 11) is 1.40. The summed E-state index contributed by atoms with van der Waals surface area (Å²) >= 11 is 1.33. The normalized spacial score (nSPS) is 18.7. The van der Waals surface area contributed by atoms with Crippen LogP contribution >= 0.6 is 11.8 Å². The summed E-state index contributed by atoms with van der Waals surface area (Å²) in [5, 5.41) is 2.11. The van der Waals surface area contributed by atoms with Gasteiger partial charge in [-0.25, -0.2) is 19.2 Å². The van der Waals surface area contributed by atoms with E-state index in [1.54, 1.807) is 17.9 Å². The van der Waals surface area contributed by atoms with E-state index in [1.807, 2.05) is 0 Å². The standard InChI is InChI=1S/C30H38F2N6O3S/c1-17(42-26(37-33)9-8-18-6-7-18)36-29(40)22-15-35-25(38-11-10-19(12-27(38)39)30(2,3)4)14-20(22)21-13-23(28(31)32)34-16-24(21)41-5/h13-19,26,28,37H,6-7,10-12,33H2,1-5H3,(H,36,40). The molecule has 226 valence electrons. The molecule has 0 radical (unpaired) electrons. The molecule has 1 saturated heterocycles. The van der Waals surface area contributed by atoms with Crippen LogP contribution in [0.25, 0.3) is 11.1 Å². The first-order valence-electron chi connectivity index (χ1n) is 14.0. The van der Waals surface area contributed by atoms with E-state index in [4.69, 9.17) is 10.6 Å². The molecule has 2 aliphatic rings. The number of methoxy groups -OCH3 is 1. The molecule has 1 aliphatic carbocycles. The lowest BCUT2D eigenvalue weighted by Gasteiger charge is -2.38. The second kappa shape index (κ2) is 13.4. The Morgan fingerprint density at radius 2 is 1.93 bits per heavy atom. The lowest BCUT2D eigenvalue weighted by molar-refractivity contribution is -0.121. The van der Waals surface area contributed by atoms with Gasteiger partial charge in [-0.3, -0.25) is 25.3 Å². The van der Waals surface area contributed by atoms with Gasteiger partial charge in [-0.15, -0.1) is 11.8 Å². The molecule has 4 N–H and O–H groups in total. The number of hydrazine groups is 1. The molecule has 0 bridgehead atoms. The van der Waals surface area contributed by atoms with E-state index in [0.29, 0.717) is 30.3 Å². The Morgan fingerprint density at radius 1 is 1.19 bits per heavy atom. The first-order chi connectivity index (χ1) is 19.9. The summed E-state index contributed by atoms with van der Waals surface area (Å²) < 4.78 is 32.8. The van der Waals surface area contributed by atoms with Crippen molar-refractivity contribution in [3.8, 4) is 28.7 Å². The van der Waals surface area contributed by atoms with Gasteiger partial charge in [0.05, 0.1) is 24.2 Å². The zero-order valence-corrected chi connectivity index (χ0v) is 25.4. The quantitative estimate of drug-likeness (QED) is 0.161. The third-order valence-corrected chi connectivity index (χ3v) is 8.55. The van der Waals surface area contributed by atoms with Crippen molar-refractivity contribution in [1.82, 2.24) is 20.7 Å². The Hall–Kier alpha value is -3.27. The number of ether oxygens (including phenoxy) is 1. The van der Waals surface area contributed by atoms with Gasteiger partial charge < -0.3 is 10.1 Å². The second-order valence-corrected chi connectivity index (χ2v) is 13.1. The number of rotatable bonds is 9. The molecular formula is C30H38F2N6O3S. The van der Waals surface area contributed by atoms with Crippen LogP contribution in [0.4, 0.5) is 14.6 Å². The lowest BCUT2D eigenvalue weighted by atomic mass is 9.75. The van der Waals surface area contributed by atoms with Gasteiger partial charge in [0.15, 0.2) is 0 Å². The zero-order valence-electron chi connectivity index (χ0n) is 24.5. The second-order valence-electron chi connectivity index (χ2n) is 11.7. The highest BCUT2D eigenvalue weighted by Crippen LogP contribution is 2.39. The Kier molecular flexibility index (Phi) is 10.1. The lowest BCUT2D eigenvalue weighted by Crippen LogP contribution is -2.42. The molecule has 9 nitrogen and oxygen atoms in total. The van der Waals surface area contributed by atoms with Crippen molar-refractivity contribution >= 4 is 29.4 Å². The number of halogens is 2. The van der Waals surface area contributed by atoms with Gasteiger partial charge in [-0.2, -0.15) is 0 Å². The van der Waals surface area contributed by atoms with Gasteiger partial charge >= 0.3 is 0 Å². The molecule has 0 spiro atoms. The van der Waals surface area contributed by atoms with Crippen molar-refractivity contribution in [3.05, 3.63) is 35.8 Å². The molecule has 2 amide bonds. The highest BCUT2D eigenvalue weighted by atomic mass is 32.2. The van der Waals surface area contributed by atoms with Crippen molar-refractivity contribution in [2.45, 2.75) is 70.6 Å². The number of alkyl halides is 2. The number of hydrogen-bond donors (Lipinski definition) is 3. The van der Waals surface area contributed by atoms with Crippen LogP contribution in [0.3, 0.4) is 0 Å². The molecule has 2 aromatic heterocycles. The molecule has 12 heteroatoms. The number of carbonyl (C=O) groups is 2. The third kappa shape index (κ3) is 7.76. The van der Waals surface area contributed by atoms with Crippen molar-refractivity contribution in [2.24, 2.45) is 23.1 Å². The maximum absolute atomic E-state index is 13.7. The van der Waals surface area contributed by atoms with Crippen LogP contribution < -0.4 is 26.2 Å². The van der Waals surface area contributed by atoms with Crippen LogP contribution in [0.15, 0.2) is 24.5 Å². The highest BCUT2D eigenvalue weighted by molar-refractivity contribution is 8.00. The third-order valence-electron chi connectivity index (χ3n) is 7.50. The molecule has 3 unspecified atom stereocenters. The van der Waals surface area contributed by atoms with E-state index in [0.717, 1.165) is 19.3 Å². The fourth-order valence-corrected chi connectivity index (χ4v) is 5.60. The van der Waals surface area contributed by atoms with Crippen LogP contribution in [0, 0.1) is 29.1 Å². The van der Waals surface area contributed by atoms with Gasteiger partial charge in [-0.05, 0) is 49.7 Å². The van der Waals surface area contributed by atoms with Gasteiger partial charge in [0.25, 0.3) is 12.3 Å².